The smallest absolute Gasteiger partial charge is 0.286 e. The minimum absolute atomic E-state index is 0.104. The lowest BCUT2D eigenvalue weighted by Crippen LogP contribution is -2.18. The van der Waals surface area contributed by atoms with Crippen LogP contribution in [0.3, 0.4) is 0 Å². The van der Waals surface area contributed by atoms with Crippen LogP contribution in [0, 0.1) is 11.3 Å². The molecule has 15 heavy (non-hydrogen) atoms. The largest absolute Gasteiger partial charge is 0.342 e. The van der Waals surface area contributed by atoms with Gasteiger partial charge in [-0.2, -0.15) is 13.7 Å². The molecule has 0 saturated carbocycles. The molecule has 76 valence electrons. The normalized spacial score (nSPS) is 16.9. The van der Waals surface area contributed by atoms with Gasteiger partial charge in [0.1, 0.15) is 10.7 Å². The van der Waals surface area contributed by atoms with Crippen molar-refractivity contribution in [1.29, 1.82) is 5.26 Å². The van der Waals surface area contributed by atoms with Gasteiger partial charge in [-0.25, -0.2) is 0 Å². The molecule has 1 aliphatic heterocycles. The lowest BCUT2D eigenvalue weighted by atomic mass is 10.2. The van der Waals surface area contributed by atoms with E-state index < -0.39 is 10.0 Å². The molecule has 1 aromatic carbocycles. The van der Waals surface area contributed by atoms with E-state index in [2.05, 4.69) is 9.71 Å². The molecule has 1 N–H and O–H groups in total. The molecule has 0 fully saturated rings. The molecule has 0 bridgehead atoms. The van der Waals surface area contributed by atoms with Crippen LogP contribution in [-0.4, -0.2) is 14.3 Å². The highest BCUT2D eigenvalue weighted by Crippen LogP contribution is 2.27. The van der Waals surface area contributed by atoms with Gasteiger partial charge in [0.15, 0.2) is 0 Å². The van der Waals surface area contributed by atoms with Crippen LogP contribution >= 0.6 is 0 Å². The Labute approximate surface area is 87.1 Å². The summed E-state index contributed by atoms with van der Waals surface area (Å²) in [7, 11) is -3.60. The van der Waals surface area contributed by atoms with Gasteiger partial charge in [0, 0.05) is 0 Å². The van der Waals surface area contributed by atoms with Crippen molar-refractivity contribution in [3.8, 4) is 6.07 Å². The van der Waals surface area contributed by atoms with Gasteiger partial charge in [0.2, 0.25) is 0 Å². The number of anilines is 1. The standard InChI is InChI=1S/C9H7N3O2S/c1-6-11-8-4-7(5-10)2-3-9(8)15(13,14)12-6/h2-4H,1H3,(H,11,12). The summed E-state index contributed by atoms with van der Waals surface area (Å²) in [4.78, 5) is 0.104. The Bertz CT molecular complexity index is 596. The van der Waals surface area contributed by atoms with E-state index in [0.29, 0.717) is 17.1 Å². The molecule has 0 radical (unpaired) electrons. The van der Waals surface area contributed by atoms with E-state index in [0.717, 1.165) is 0 Å². The summed E-state index contributed by atoms with van der Waals surface area (Å²) in [6, 6.07) is 6.27. The topological polar surface area (TPSA) is 82.3 Å². The number of fused-ring (bicyclic) bond motifs is 1. The average Bonchev–Trinajstić information content (AvgIpc) is 2.15. The molecular formula is C9H7N3O2S. The fourth-order valence-electron chi connectivity index (χ4n) is 1.37. The van der Waals surface area contributed by atoms with E-state index in [-0.39, 0.29) is 4.90 Å². The maximum absolute atomic E-state index is 11.6. The molecule has 6 heteroatoms. The second-order valence-corrected chi connectivity index (χ2v) is 4.67. The number of rotatable bonds is 0. The minimum Gasteiger partial charge on any atom is -0.342 e. The number of nitrogens with zero attached hydrogens (tertiary/aromatic N) is 2. The summed E-state index contributed by atoms with van der Waals surface area (Å²) >= 11 is 0. The number of benzene rings is 1. The first-order valence-corrected chi connectivity index (χ1v) is 5.60. The second kappa shape index (κ2) is 3.07. The summed E-state index contributed by atoms with van der Waals surface area (Å²) in [5.74, 6) is 0.303. The molecule has 0 atom stereocenters. The van der Waals surface area contributed by atoms with Crippen molar-refractivity contribution in [2.45, 2.75) is 11.8 Å². The lowest BCUT2D eigenvalue weighted by Gasteiger charge is -2.15. The Kier molecular flexibility index (Phi) is 1.98. The Morgan fingerprint density at radius 1 is 1.47 bits per heavy atom. The number of nitrogens with one attached hydrogen (secondary N) is 1. The molecule has 0 saturated heterocycles. The van der Waals surface area contributed by atoms with Crippen LogP contribution in [0.1, 0.15) is 12.5 Å². The average molecular weight is 221 g/mol. The van der Waals surface area contributed by atoms with Crippen molar-refractivity contribution in [2.75, 3.05) is 5.32 Å². The maximum atomic E-state index is 11.6. The third-order valence-corrected chi connectivity index (χ3v) is 3.39. The number of amidine groups is 1. The van der Waals surface area contributed by atoms with Gasteiger partial charge in [0.25, 0.3) is 10.0 Å². The number of sulfonamides is 1. The molecule has 0 spiro atoms. The van der Waals surface area contributed by atoms with Crippen molar-refractivity contribution >= 4 is 21.5 Å². The van der Waals surface area contributed by atoms with Crippen LogP contribution in [0.2, 0.25) is 0 Å². The third-order valence-electron chi connectivity index (χ3n) is 1.96. The van der Waals surface area contributed by atoms with Crippen LogP contribution < -0.4 is 5.32 Å². The van der Waals surface area contributed by atoms with Gasteiger partial charge in [-0.05, 0) is 25.1 Å². The van der Waals surface area contributed by atoms with Crippen LogP contribution in [0.15, 0.2) is 27.5 Å². The molecule has 1 heterocycles. The van der Waals surface area contributed by atoms with Gasteiger partial charge in [-0.3, -0.25) is 0 Å². The first-order chi connectivity index (χ1) is 7.03. The first-order valence-electron chi connectivity index (χ1n) is 4.16. The van der Waals surface area contributed by atoms with Crippen LogP contribution in [0.5, 0.6) is 0 Å². The van der Waals surface area contributed by atoms with Gasteiger partial charge in [-0.1, -0.05) is 0 Å². The summed E-state index contributed by atoms with van der Waals surface area (Å²) in [5.41, 5.74) is 0.813. The van der Waals surface area contributed by atoms with E-state index in [1.54, 1.807) is 6.92 Å². The lowest BCUT2D eigenvalue weighted by molar-refractivity contribution is 0.598. The van der Waals surface area contributed by atoms with Gasteiger partial charge < -0.3 is 5.32 Å². The molecule has 5 nitrogen and oxygen atoms in total. The monoisotopic (exact) mass is 221 g/mol. The molecule has 0 unspecified atom stereocenters. The van der Waals surface area contributed by atoms with E-state index in [9.17, 15) is 8.42 Å². The van der Waals surface area contributed by atoms with Crippen LogP contribution in [-0.2, 0) is 10.0 Å². The Hall–Kier alpha value is -1.87. The molecule has 0 aliphatic carbocycles. The quantitative estimate of drug-likeness (QED) is 0.710. The minimum atomic E-state index is -3.60. The van der Waals surface area contributed by atoms with E-state index in [4.69, 9.17) is 5.26 Å². The van der Waals surface area contributed by atoms with Crippen molar-refractivity contribution in [3.05, 3.63) is 23.8 Å². The summed E-state index contributed by atoms with van der Waals surface area (Å²) in [6.07, 6.45) is 0. The predicted octanol–water partition coefficient (Wildman–Crippen LogP) is 1.09. The molecule has 0 amide bonds. The summed E-state index contributed by atoms with van der Waals surface area (Å²) in [6.45, 7) is 1.56. The van der Waals surface area contributed by atoms with E-state index in [1.165, 1.54) is 18.2 Å². The highest BCUT2D eigenvalue weighted by Gasteiger charge is 2.23. The van der Waals surface area contributed by atoms with Crippen molar-refractivity contribution in [1.82, 2.24) is 0 Å². The molecule has 1 aliphatic rings. The van der Waals surface area contributed by atoms with Gasteiger partial charge >= 0.3 is 0 Å². The van der Waals surface area contributed by atoms with Crippen molar-refractivity contribution in [3.63, 3.8) is 0 Å². The molecular weight excluding hydrogens is 214 g/mol. The third kappa shape index (κ3) is 1.57. The predicted molar refractivity (Wildman–Crippen MR) is 55.1 cm³/mol. The highest BCUT2D eigenvalue weighted by molar-refractivity contribution is 7.90. The number of nitriles is 1. The highest BCUT2D eigenvalue weighted by atomic mass is 32.2. The Morgan fingerprint density at radius 3 is 2.87 bits per heavy atom. The van der Waals surface area contributed by atoms with E-state index in [1.807, 2.05) is 6.07 Å². The van der Waals surface area contributed by atoms with Gasteiger partial charge in [0.05, 0.1) is 17.3 Å². The van der Waals surface area contributed by atoms with E-state index >= 15 is 0 Å². The van der Waals surface area contributed by atoms with Crippen LogP contribution in [0.4, 0.5) is 5.69 Å². The van der Waals surface area contributed by atoms with Crippen molar-refractivity contribution in [2.24, 2.45) is 4.40 Å². The number of hydrogen-bond acceptors (Lipinski definition) is 4. The Morgan fingerprint density at radius 2 is 2.20 bits per heavy atom. The van der Waals surface area contributed by atoms with Gasteiger partial charge in [-0.15, -0.1) is 4.40 Å². The fourth-order valence-corrected chi connectivity index (χ4v) is 2.50. The molecule has 2 rings (SSSR count). The molecule has 0 aromatic heterocycles. The van der Waals surface area contributed by atoms with Crippen molar-refractivity contribution < 1.29 is 8.42 Å². The second-order valence-electron chi connectivity index (χ2n) is 3.10. The Balaban J connectivity index is 2.70. The maximum Gasteiger partial charge on any atom is 0.286 e. The summed E-state index contributed by atoms with van der Waals surface area (Å²) in [5, 5.41) is 11.5. The number of hydrogen-bond donors (Lipinski definition) is 1. The summed E-state index contributed by atoms with van der Waals surface area (Å²) < 4.78 is 26.7. The zero-order valence-electron chi connectivity index (χ0n) is 7.85. The fraction of sp³-hybridized carbons (Fsp3) is 0.111. The first kappa shape index (κ1) is 9.68. The molecule has 1 aromatic rings. The zero-order chi connectivity index (χ0) is 11.1. The SMILES string of the molecule is CC1=NS(=O)(=O)c2ccc(C#N)cc2N1. The van der Waals surface area contributed by atoms with Crippen LogP contribution in [0.25, 0.3) is 0 Å². The zero-order valence-corrected chi connectivity index (χ0v) is 8.67.